The number of nitrogens with zero attached hydrogens (tertiary/aromatic N) is 1. The van der Waals surface area contributed by atoms with Crippen molar-refractivity contribution in [1.82, 2.24) is 5.32 Å². The monoisotopic (exact) mass is 382 g/mol. The lowest BCUT2D eigenvalue weighted by Crippen LogP contribution is -2.27. The standard InChI is InChI=1S/C16H15ClN2O5S/c1-10(12-5-3-4-6-13(12)17)18-16(20)11-7-8-15(25(2,23)24)14(9-11)19(21)22/h3-10H,1-2H3,(H,18,20)/t10-/m1/s1. The molecule has 1 N–H and O–H groups in total. The number of nitro groups is 1. The van der Waals surface area contributed by atoms with Gasteiger partial charge >= 0.3 is 0 Å². The van der Waals surface area contributed by atoms with E-state index < -0.39 is 37.3 Å². The van der Waals surface area contributed by atoms with Crippen LogP contribution in [-0.4, -0.2) is 25.5 Å². The minimum atomic E-state index is -3.78. The lowest BCUT2D eigenvalue weighted by molar-refractivity contribution is -0.387. The van der Waals surface area contributed by atoms with Gasteiger partial charge in [0.1, 0.15) is 4.90 Å². The number of rotatable bonds is 5. The van der Waals surface area contributed by atoms with Gasteiger partial charge in [-0.05, 0) is 30.7 Å². The molecule has 2 aromatic carbocycles. The number of nitrogens with one attached hydrogen (secondary N) is 1. The summed E-state index contributed by atoms with van der Waals surface area (Å²) in [5.74, 6) is -0.574. The number of hydrogen-bond acceptors (Lipinski definition) is 5. The fourth-order valence-corrected chi connectivity index (χ4v) is 3.43. The molecule has 132 valence electrons. The van der Waals surface area contributed by atoms with Crippen LogP contribution in [0.3, 0.4) is 0 Å². The molecule has 0 saturated heterocycles. The summed E-state index contributed by atoms with van der Waals surface area (Å²) in [6, 6.07) is 9.78. The number of nitro benzene ring substituents is 1. The van der Waals surface area contributed by atoms with E-state index >= 15 is 0 Å². The van der Waals surface area contributed by atoms with Gasteiger partial charge in [0, 0.05) is 22.9 Å². The maximum atomic E-state index is 12.3. The van der Waals surface area contributed by atoms with Gasteiger partial charge in [0.05, 0.1) is 11.0 Å². The Balaban J connectivity index is 2.33. The van der Waals surface area contributed by atoms with Crippen molar-refractivity contribution < 1.29 is 18.1 Å². The summed E-state index contributed by atoms with van der Waals surface area (Å²) < 4.78 is 23.2. The SMILES string of the molecule is C[C@@H](NC(=O)c1ccc(S(C)(=O)=O)c([N+](=O)[O-])c1)c1ccccc1Cl. The largest absolute Gasteiger partial charge is 0.345 e. The van der Waals surface area contributed by atoms with Crippen LogP contribution in [0.1, 0.15) is 28.9 Å². The zero-order valence-corrected chi connectivity index (χ0v) is 15.0. The number of amides is 1. The molecule has 0 aliphatic rings. The van der Waals surface area contributed by atoms with E-state index in [4.69, 9.17) is 11.6 Å². The molecule has 0 bridgehead atoms. The first-order valence-corrected chi connectivity index (χ1v) is 9.42. The third kappa shape index (κ3) is 4.34. The highest BCUT2D eigenvalue weighted by Crippen LogP contribution is 2.26. The number of sulfone groups is 1. The first-order chi connectivity index (χ1) is 11.6. The Hall–Kier alpha value is -2.45. The topological polar surface area (TPSA) is 106 Å². The highest BCUT2D eigenvalue weighted by Gasteiger charge is 2.24. The second-order valence-corrected chi connectivity index (χ2v) is 7.82. The molecule has 0 aromatic heterocycles. The van der Waals surface area contributed by atoms with Gasteiger partial charge in [0.25, 0.3) is 11.6 Å². The number of carbonyl (C=O) groups is 1. The number of hydrogen-bond donors (Lipinski definition) is 1. The van der Waals surface area contributed by atoms with Crippen molar-refractivity contribution >= 4 is 33.0 Å². The summed E-state index contributed by atoms with van der Waals surface area (Å²) in [4.78, 5) is 22.2. The van der Waals surface area contributed by atoms with Crippen molar-refractivity contribution in [2.24, 2.45) is 0 Å². The minimum Gasteiger partial charge on any atom is -0.345 e. The average Bonchev–Trinajstić information content (AvgIpc) is 2.53. The molecule has 25 heavy (non-hydrogen) atoms. The van der Waals surface area contributed by atoms with Gasteiger partial charge in [-0.1, -0.05) is 29.8 Å². The van der Waals surface area contributed by atoms with Crippen LogP contribution in [0, 0.1) is 10.1 Å². The molecule has 0 radical (unpaired) electrons. The van der Waals surface area contributed by atoms with Crippen LogP contribution in [0.25, 0.3) is 0 Å². The van der Waals surface area contributed by atoms with Gasteiger partial charge in [-0.2, -0.15) is 0 Å². The van der Waals surface area contributed by atoms with Crippen LogP contribution in [0.2, 0.25) is 5.02 Å². The molecule has 7 nitrogen and oxygen atoms in total. The molecule has 0 aliphatic carbocycles. The van der Waals surface area contributed by atoms with Crippen molar-refractivity contribution in [2.45, 2.75) is 17.9 Å². The predicted molar refractivity (Wildman–Crippen MR) is 93.5 cm³/mol. The van der Waals surface area contributed by atoms with E-state index in [1.165, 1.54) is 6.07 Å². The summed E-state index contributed by atoms with van der Waals surface area (Å²) in [6.45, 7) is 1.72. The van der Waals surface area contributed by atoms with Crippen LogP contribution in [-0.2, 0) is 9.84 Å². The summed E-state index contributed by atoms with van der Waals surface area (Å²) in [6.07, 6.45) is 0.870. The molecule has 1 atom stereocenters. The van der Waals surface area contributed by atoms with Crippen molar-refractivity contribution in [2.75, 3.05) is 6.26 Å². The van der Waals surface area contributed by atoms with E-state index in [-0.39, 0.29) is 5.56 Å². The molecule has 0 saturated carbocycles. The van der Waals surface area contributed by atoms with E-state index in [1.807, 2.05) is 0 Å². The van der Waals surface area contributed by atoms with E-state index in [0.717, 1.165) is 18.4 Å². The predicted octanol–water partition coefficient (Wildman–Crippen LogP) is 3.14. The Kier molecular flexibility index (Phi) is 5.44. The fourth-order valence-electron chi connectivity index (χ4n) is 2.30. The Morgan fingerprint density at radius 2 is 1.88 bits per heavy atom. The van der Waals surface area contributed by atoms with Crippen LogP contribution in [0.15, 0.2) is 47.4 Å². The van der Waals surface area contributed by atoms with Gasteiger partial charge in [-0.15, -0.1) is 0 Å². The van der Waals surface area contributed by atoms with Gasteiger partial charge in [0.15, 0.2) is 9.84 Å². The van der Waals surface area contributed by atoms with Gasteiger partial charge in [-0.25, -0.2) is 8.42 Å². The molecule has 9 heteroatoms. The molecular weight excluding hydrogens is 368 g/mol. The molecule has 1 amide bonds. The first-order valence-electron chi connectivity index (χ1n) is 7.15. The zero-order chi connectivity index (χ0) is 18.8. The van der Waals surface area contributed by atoms with Crippen molar-refractivity contribution in [3.05, 3.63) is 68.7 Å². The quantitative estimate of drug-likeness (QED) is 0.631. The summed E-state index contributed by atoms with van der Waals surface area (Å²) in [5, 5.41) is 14.3. The average molecular weight is 383 g/mol. The fraction of sp³-hybridized carbons (Fsp3) is 0.188. The van der Waals surface area contributed by atoms with E-state index in [0.29, 0.717) is 10.6 Å². The molecule has 0 unspecified atom stereocenters. The van der Waals surface area contributed by atoms with Crippen molar-refractivity contribution in [3.63, 3.8) is 0 Å². The van der Waals surface area contributed by atoms with Crippen LogP contribution >= 0.6 is 11.6 Å². The Bertz CT molecular complexity index is 943. The molecule has 0 fully saturated rings. The van der Waals surface area contributed by atoms with Crippen LogP contribution in [0.4, 0.5) is 5.69 Å². The Labute approximate surface area is 149 Å². The third-order valence-electron chi connectivity index (χ3n) is 3.54. The number of benzene rings is 2. The molecular formula is C16H15ClN2O5S. The summed E-state index contributed by atoms with van der Waals surface area (Å²) >= 11 is 6.08. The highest BCUT2D eigenvalue weighted by atomic mass is 35.5. The number of carbonyl (C=O) groups excluding carboxylic acids is 1. The molecule has 0 heterocycles. The molecule has 0 spiro atoms. The Morgan fingerprint density at radius 1 is 1.24 bits per heavy atom. The maximum Gasteiger partial charge on any atom is 0.288 e. The van der Waals surface area contributed by atoms with E-state index in [1.54, 1.807) is 31.2 Å². The minimum absolute atomic E-state index is 0.0157. The second-order valence-electron chi connectivity index (χ2n) is 5.43. The van der Waals surface area contributed by atoms with Gasteiger partial charge in [0.2, 0.25) is 0 Å². The van der Waals surface area contributed by atoms with Crippen molar-refractivity contribution in [3.8, 4) is 0 Å². The highest BCUT2D eigenvalue weighted by molar-refractivity contribution is 7.90. The second kappa shape index (κ2) is 7.20. The molecule has 2 aromatic rings. The van der Waals surface area contributed by atoms with E-state index in [9.17, 15) is 23.3 Å². The number of halogens is 1. The van der Waals surface area contributed by atoms with E-state index in [2.05, 4.69) is 5.32 Å². The Morgan fingerprint density at radius 3 is 2.44 bits per heavy atom. The lowest BCUT2D eigenvalue weighted by Gasteiger charge is -2.16. The van der Waals surface area contributed by atoms with Crippen molar-refractivity contribution in [1.29, 1.82) is 0 Å². The lowest BCUT2D eigenvalue weighted by atomic mass is 10.1. The van der Waals surface area contributed by atoms with Gasteiger partial charge < -0.3 is 5.32 Å². The first kappa shape index (κ1) is 18.9. The zero-order valence-electron chi connectivity index (χ0n) is 13.4. The van der Waals surface area contributed by atoms with Gasteiger partial charge in [-0.3, -0.25) is 14.9 Å². The van der Waals surface area contributed by atoms with Crippen LogP contribution < -0.4 is 5.32 Å². The summed E-state index contributed by atoms with van der Waals surface area (Å²) in [7, 11) is -3.78. The smallest absolute Gasteiger partial charge is 0.288 e. The maximum absolute atomic E-state index is 12.3. The normalized spacial score (nSPS) is 12.4. The molecule has 2 rings (SSSR count). The summed E-state index contributed by atoms with van der Waals surface area (Å²) in [5.41, 5.74) is 0.0401. The van der Waals surface area contributed by atoms with Crippen LogP contribution in [0.5, 0.6) is 0 Å². The third-order valence-corrected chi connectivity index (χ3v) is 5.02. The molecule has 0 aliphatic heterocycles.